The van der Waals surface area contributed by atoms with Crippen LogP contribution in [0.1, 0.15) is 0 Å². The highest BCUT2D eigenvalue weighted by atomic mass is 19.4. The number of rotatable bonds is 5. The number of hydrogen-bond acceptors (Lipinski definition) is 4. The van der Waals surface area contributed by atoms with Gasteiger partial charge in [0.15, 0.2) is 6.61 Å². The van der Waals surface area contributed by atoms with Crippen LogP contribution in [-0.2, 0) is 14.2 Å². The molecule has 138 valence electrons. The first-order valence-corrected chi connectivity index (χ1v) is 4.90. The van der Waals surface area contributed by atoms with E-state index in [1.165, 1.54) is 0 Å². The molecular formula is C8H5F11O4. The van der Waals surface area contributed by atoms with Crippen molar-refractivity contribution in [2.75, 3.05) is 13.7 Å². The third-order valence-corrected chi connectivity index (χ3v) is 1.98. The standard InChI is InChI=1S/C8H5F11O4/c1-21-3(20)22-2-4(9,6(12,13)14)23-8(18,19)5(10,11)7(15,16)17/h2H2,1H3. The molecule has 0 bridgehead atoms. The van der Waals surface area contributed by atoms with Gasteiger partial charge in [-0.05, 0) is 0 Å². The zero-order chi connectivity index (χ0) is 18.9. The van der Waals surface area contributed by atoms with Crippen LogP contribution in [0.4, 0.5) is 53.1 Å². The summed E-state index contributed by atoms with van der Waals surface area (Å²) in [4.78, 5) is 10.4. The van der Waals surface area contributed by atoms with Crippen molar-refractivity contribution in [3.05, 3.63) is 0 Å². The maximum Gasteiger partial charge on any atom is 0.508 e. The number of carbonyl (C=O) groups is 1. The maximum atomic E-state index is 13.3. The van der Waals surface area contributed by atoms with Crippen LogP contribution in [0.5, 0.6) is 0 Å². The summed E-state index contributed by atoms with van der Waals surface area (Å²) in [6, 6.07) is 0. The Morgan fingerprint density at radius 1 is 0.826 bits per heavy atom. The molecule has 0 spiro atoms. The first-order valence-electron chi connectivity index (χ1n) is 4.90. The van der Waals surface area contributed by atoms with Gasteiger partial charge in [-0.25, -0.2) is 4.79 Å². The Balaban J connectivity index is 5.59. The number of methoxy groups -OCH3 is 1. The Kier molecular flexibility index (Phi) is 5.75. The average molecular weight is 374 g/mol. The summed E-state index contributed by atoms with van der Waals surface area (Å²) < 4.78 is 145. The normalized spacial score (nSPS) is 16.7. The first kappa shape index (κ1) is 21.5. The van der Waals surface area contributed by atoms with Crippen molar-refractivity contribution in [3.8, 4) is 0 Å². The molecule has 0 saturated heterocycles. The fourth-order valence-electron chi connectivity index (χ4n) is 0.812. The molecule has 0 aromatic rings. The molecule has 0 radical (unpaired) electrons. The van der Waals surface area contributed by atoms with Crippen LogP contribution in [0.3, 0.4) is 0 Å². The van der Waals surface area contributed by atoms with Gasteiger partial charge in [-0.3, -0.25) is 4.74 Å². The summed E-state index contributed by atoms with van der Waals surface area (Å²) in [6.45, 7) is -2.83. The Labute approximate surface area is 119 Å². The van der Waals surface area contributed by atoms with E-state index in [9.17, 15) is 53.1 Å². The van der Waals surface area contributed by atoms with Crippen molar-refractivity contribution in [2.24, 2.45) is 0 Å². The van der Waals surface area contributed by atoms with Crippen molar-refractivity contribution in [2.45, 2.75) is 30.2 Å². The highest BCUT2D eigenvalue weighted by Gasteiger charge is 2.78. The molecule has 0 aromatic carbocycles. The smallest absolute Gasteiger partial charge is 0.438 e. The van der Waals surface area contributed by atoms with Gasteiger partial charge in [0.2, 0.25) is 0 Å². The predicted molar refractivity (Wildman–Crippen MR) is 45.3 cm³/mol. The summed E-state index contributed by atoms with van der Waals surface area (Å²) in [5, 5.41) is 0. The van der Waals surface area contributed by atoms with Crippen LogP contribution in [0.15, 0.2) is 0 Å². The van der Waals surface area contributed by atoms with Crippen molar-refractivity contribution in [1.82, 2.24) is 0 Å². The Bertz CT molecular complexity index is 429. The molecule has 0 aromatic heterocycles. The second kappa shape index (κ2) is 6.16. The molecule has 1 unspecified atom stereocenters. The molecule has 0 fully saturated rings. The fourth-order valence-corrected chi connectivity index (χ4v) is 0.812. The van der Waals surface area contributed by atoms with Gasteiger partial charge in [-0.15, -0.1) is 0 Å². The van der Waals surface area contributed by atoms with E-state index >= 15 is 0 Å². The second-order valence-corrected chi connectivity index (χ2v) is 3.66. The number of halogens is 11. The maximum absolute atomic E-state index is 13.3. The van der Waals surface area contributed by atoms with Gasteiger partial charge in [-0.1, -0.05) is 0 Å². The Morgan fingerprint density at radius 3 is 1.57 bits per heavy atom. The molecule has 4 nitrogen and oxygen atoms in total. The molecular weight excluding hydrogens is 369 g/mol. The second-order valence-electron chi connectivity index (χ2n) is 3.66. The van der Waals surface area contributed by atoms with E-state index in [0.29, 0.717) is 7.11 Å². The van der Waals surface area contributed by atoms with Gasteiger partial charge in [0.05, 0.1) is 7.11 Å². The number of ether oxygens (including phenoxy) is 3. The van der Waals surface area contributed by atoms with Gasteiger partial charge in [0.25, 0.3) is 0 Å². The number of hydrogen-bond donors (Lipinski definition) is 0. The van der Waals surface area contributed by atoms with E-state index in [-0.39, 0.29) is 0 Å². The van der Waals surface area contributed by atoms with Crippen LogP contribution in [0.2, 0.25) is 0 Å². The molecule has 0 aliphatic rings. The topological polar surface area (TPSA) is 44.8 Å². The summed E-state index contributed by atoms with van der Waals surface area (Å²) in [6.07, 6.45) is -22.7. The molecule has 0 saturated carbocycles. The molecule has 0 aliphatic heterocycles. The van der Waals surface area contributed by atoms with E-state index in [4.69, 9.17) is 0 Å². The molecule has 15 heteroatoms. The van der Waals surface area contributed by atoms with E-state index in [0.717, 1.165) is 0 Å². The summed E-state index contributed by atoms with van der Waals surface area (Å²) in [7, 11) is 0.489. The lowest BCUT2D eigenvalue weighted by Gasteiger charge is -2.34. The summed E-state index contributed by atoms with van der Waals surface area (Å²) in [5.41, 5.74) is 0. The van der Waals surface area contributed by atoms with E-state index in [1.807, 2.05) is 4.74 Å². The quantitative estimate of drug-likeness (QED) is 0.543. The van der Waals surface area contributed by atoms with Crippen molar-refractivity contribution in [1.29, 1.82) is 0 Å². The fraction of sp³-hybridized carbons (Fsp3) is 0.875. The lowest BCUT2D eigenvalue weighted by molar-refractivity contribution is -0.485. The van der Waals surface area contributed by atoms with Gasteiger partial charge in [0, 0.05) is 0 Å². The monoisotopic (exact) mass is 374 g/mol. The molecule has 0 aliphatic carbocycles. The largest absolute Gasteiger partial charge is 0.508 e. The van der Waals surface area contributed by atoms with Crippen LogP contribution >= 0.6 is 0 Å². The lowest BCUT2D eigenvalue weighted by Crippen LogP contribution is -2.60. The number of alkyl halides is 11. The first-order chi connectivity index (χ1) is 9.91. The summed E-state index contributed by atoms with van der Waals surface area (Å²) >= 11 is 0. The summed E-state index contributed by atoms with van der Waals surface area (Å²) in [5.74, 6) is -13.0. The minimum absolute atomic E-state index is 0.489. The van der Waals surface area contributed by atoms with Gasteiger partial charge in [-0.2, -0.15) is 48.3 Å². The minimum Gasteiger partial charge on any atom is -0.438 e. The number of carbonyl (C=O) groups excluding carboxylic acids is 1. The predicted octanol–water partition coefficient (Wildman–Crippen LogP) is 3.80. The van der Waals surface area contributed by atoms with Gasteiger partial charge < -0.3 is 9.47 Å². The highest BCUT2D eigenvalue weighted by Crippen LogP contribution is 2.50. The molecule has 1 atom stereocenters. The van der Waals surface area contributed by atoms with Crippen molar-refractivity contribution in [3.63, 3.8) is 0 Å². The van der Waals surface area contributed by atoms with E-state index in [2.05, 4.69) is 9.47 Å². The molecule has 0 amide bonds. The lowest BCUT2D eigenvalue weighted by atomic mass is 10.2. The minimum atomic E-state index is -7.17. The Morgan fingerprint density at radius 2 is 1.26 bits per heavy atom. The van der Waals surface area contributed by atoms with Crippen molar-refractivity contribution >= 4 is 6.16 Å². The third-order valence-electron chi connectivity index (χ3n) is 1.98. The molecule has 23 heavy (non-hydrogen) atoms. The SMILES string of the molecule is COC(=O)OCC(F)(OC(F)(F)C(F)(F)C(F)(F)F)C(F)(F)F. The average Bonchev–Trinajstić information content (AvgIpc) is 2.32. The van der Waals surface area contributed by atoms with E-state index < -0.39 is 43.0 Å². The zero-order valence-electron chi connectivity index (χ0n) is 10.5. The van der Waals surface area contributed by atoms with Gasteiger partial charge in [0.1, 0.15) is 0 Å². The molecule has 0 rings (SSSR count). The third kappa shape index (κ3) is 4.48. The molecule has 0 N–H and O–H groups in total. The van der Waals surface area contributed by atoms with E-state index in [1.54, 1.807) is 0 Å². The molecule has 0 heterocycles. The van der Waals surface area contributed by atoms with Crippen LogP contribution in [0, 0.1) is 0 Å². The van der Waals surface area contributed by atoms with Gasteiger partial charge >= 0.3 is 36.4 Å². The highest BCUT2D eigenvalue weighted by molar-refractivity contribution is 5.59. The zero-order valence-corrected chi connectivity index (χ0v) is 10.5. The Hall–Kier alpha value is -1.54. The van der Waals surface area contributed by atoms with Crippen LogP contribution in [-0.4, -0.2) is 50.1 Å². The van der Waals surface area contributed by atoms with Crippen LogP contribution < -0.4 is 0 Å². The van der Waals surface area contributed by atoms with Crippen molar-refractivity contribution < 1.29 is 67.3 Å². The van der Waals surface area contributed by atoms with Crippen LogP contribution in [0.25, 0.3) is 0 Å².